The Morgan fingerprint density at radius 2 is 1.94 bits per heavy atom. The van der Waals surface area contributed by atoms with Crippen LogP contribution >= 0.6 is 0 Å². The van der Waals surface area contributed by atoms with Gasteiger partial charge in [0, 0.05) is 25.6 Å². The summed E-state index contributed by atoms with van der Waals surface area (Å²) in [4.78, 5) is 2.48. The number of amidine groups is 1. The molecule has 0 bridgehead atoms. The summed E-state index contributed by atoms with van der Waals surface area (Å²) in [6.07, 6.45) is 4.42. The lowest BCUT2D eigenvalue weighted by Gasteiger charge is -2.21. The summed E-state index contributed by atoms with van der Waals surface area (Å²) in [5.74, 6) is 0.301. The lowest BCUT2D eigenvalue weighted by atomic mass is 10.1. The molecule has 1 aromatic carbocycles. The van der Waals surface area contributed by atoms with Crippen molar-refractivity contribution in [1.29, 1.82) is 5.41 Å². The van der Waals surface area contributed by atoms with Crippen LogP contribution in [0.5, 0.6) is 0 Å². The highest BCUT2D eigenvalue weighted by atomic mass is 15.2. The Morgan fingerprint density at radius 3 is 2.53 bits per heavy atom. The lowest BCUT2D eigenvalue weighted by Crippen LogP contribution is -2.31. The Morgan fingerprint density at radius 1 is 1.24 bits per heavy atom. The first-order valence-electron chi connectivity index (χ1n) is 6.36. The van der Waals surface area contributed by atoms with Gasteiger partial charge in [0.1, 0.15) is 0 Å². The van der Waals surface area contributed by atoms with E-state index < -0.39 is 0 Å². The quantitative estimate of drug-likeness (QED) is 0.557. The SMILES string of the molecule is N=C(N)CCN(CCc1ccccc1)C1CC1. The van der Waals surface area contributed by atoms with Crippen LogP contribution in [0.3, 0.4) is 0 Å². The molecule has 1 fully saturated rings. The van der Waals surface area contributed by atoms with E-state index in [-0.39, 0.29) is 0 Å². The van der Waals surface area contributed by atoms with Crippen LogP contribution in [0.25, 0.3) is 0 Å². The minimum Gasteiger partial charge on any atom is -0.388 e. The molecule has 0 amide bonds. The van der Waals surface area contributed by atoms with Crippen molar-refractivity contribution >= 4 is 5.84 Å². The fourth-order valence-electron chi connectivity index (χ4n) is 2.10. The number of hydrogen-bond acceptors (Lipinski definition) is 2. The standard InChI is InChI=1S/C14H21N3/c15-14(16)9-11-17(13-6-7-13)10-8-12-4-2-1-3-5-12/h1-5,13H,6-11H2,(H3,15,16). The molecule has 0 heterocycles. The summed E-state index contributed by atoms with van der Waals surface area (Å²) in [6, 6.07) is 11.3. The summed E-state index contributed by atoms with van der Waals surface area (Å²) >= 11 is 0. The molecule has 17 heavy (non-hydrogen) atoms. The van der Waals surface area contributed by atoms with E-state index in [4.69, 9.17) is 11.1 Å². The maximum Gasteiger partial charge on any atom is 0.0918 e. The van der Waals surface area contributed by atoms with E-state index in [0.29, 0.717) is 12.3 Å². The molecule has 1 aliphatic carbocycles. The van der Waals surface area contributed by atoms with Crippen molar-refractivity contribution in [2.75, 3.05) is 13.1 Å². The molecule has 1 aliphatic rings. The Hall–Kier alpha value is -1.35. The van der Waals surface area contributed by atoms with Crippen molar-refractivity contribution in [1.82, 2.24) is 4.90 Å². The first-order chi connectivity index (χ1) is 8.25. The summed E-state index contributed by atoms with van der Waals surface area (Å²) < 4.78 is 0. The number of nitrogens with zero attached hydrogens (tertiary/aromatic N) is 1. The summed E-state index contributed by atoms with van der Waals surface area (Å²) in [5, 5.41) is 7.30. The third kappa shape index (κ3) is 4.19. The van der Waals surface area contributed by atoms with Gasteiger partial charge in [-0.25, -0.2) is 0 Å². The van der Waals surface area contributed by atoms with Gasteiger partial charge >= 0.3 is 0 Å². The molecule has 0 aliphatic heterocycles. The fourth-order valence-corrected chi connectivity index (χ4v) is 2.10. The summed E-state index contributed by atoms with van der Waals surface area (Å²) in [7, 11) is 0. The van der Waals surface area contributed by atoms with E-state index in [0.717, 1.165) is 25.6 Å². The van der Waals surface area contributed by atoms with E-state index in [2.05, 4.69) is 35.2 Å². The predicted octanol–water partition coefficient (Wildman–Crippen LogP) is 2.02. The van der Waals surface area contributed by atoms with E-state index >= 15 is 0 Å². The van der Waals surface area contributed by atoms with Gasteiger partial charge in [-0.05, 0) is 24.8 Å². The highest BCUT2D eigenvalue weighted by Crippen LogP contribution is 2.26. The maximum absolute atomic E-state index is 7.30. The van der Waals surface area contributed by atoms with E-state index in [1.165, 1.54) is 18.4 Å². The first-order valence-corrected chi connectivity index (χ1v) is 6.36. The molecule has 1 aromatic rings. The van der Waals surface area contributed by atoms with Crippen molar-refractivity contribution in [3.8, 4) is 0 Å². The van der Waals surface area contributed by atoms with Crippen LogP contribution < -0.4 is 5.73 Å². The van der Waals surface area contributed by atoms with Crippen molar-refractivity contribution in [3.63, 3.8) is 0 Å². The van der Waals surface area contributed by atoms with Gasteiger partial charge in [0.25, 0.3) is 0 Å². The fraction of sp³-hybridized carbons (Fsp3) is 0.500. The summed E-state index contributed by atoms with van der Waals surface area (Å²) in [5.41, 5.74) is 6.81. The topological polar surface area (TPSA) is 53.1 Å². The average molecular weight is 231 g/mol. The zero-order chi connectivity index (χ0) is 12.1. The largest absolute Gasteiger partial charge is 0.388 e. The molecule has 1 saturated carbocycles. The van der Waals surface area contributed by atoms with Crippen LogP contribution in [0.15, 0.2) is 30.3 Å². The number of rotatable bonds is 7. The van der Waals surface area contributed by atoms with Crippen molar-refractivity contribution < 1.29 is 0 Å². The van der Waals surface area contributed by atoms with Crippen LogP contribution in [0, 0.1) is 5.41 Å². The second-order valence-corrected chi connectivity index (χ2v) is 4.78. The minimum absolute atomic E-state index is 0.301. The van der Waals surface area contributed by atoms with Crippen LogP contribution in [0.4, 0.5) is 0 Å². The highest BCUT2D eigenvalue weighted by molar-refractivity contribution is 5.76. The molecule has 0 unspecified atom stereocenters. The zero-order valence-electron chi connectivity index (χ0n) is 10.2. The molecule has 0 spiro atoms. The highest BCUT2D eigenvalue weighted by Gasteiger charge is 2.28. The van der Waals surface area contributed by atoms with Gasteiger partial charge in [0.05, 0.1) is 5.84 Å². The van der Waals surface area contributed by atoms with Gasteiger partial charge in [-0.3, -0.25) is 10.3 Å². The monoisotopic (exact) mass is 231 g/mol. The van der Waals surface area contributed by atoms with E-state index in [1.807, 2.05) is 0 Å². The Bertz CT molecular complexity index is 357. The molecule has 3 nitrogen and oxygen atoms in total. The molecular weight excluding hydrogens is 210 g/mol. The van der Waals surface area contributed by atoms with Crippen molar-refractivity contribution in [2.24, 2.45) is 5.73 Å². The number of nitrogens with one attached hydrogen (secondary N) is 1. The van der Waals surface area contributed by atoms with Gasteiger partial charge in [-0.1, -0.05) is 30.3 Å². The van der Waals surface area contributed by atoms with Gasteiger partial charge in [0.2, 0.25) is 0 Å². The summed E-state index contributed by atoms with van der Waals surface area (Å²) in [6.45, 7) is 2.02. The average Bonchev–Trinajstić information content (AvgIpc) is 3.14. The van der Waals surface area contributed by atoms with Gasteiger partial charge < -0.3 is 5.73 Å². The maximum atomic E-state index is 7.30. The Balaban J connectivity index is 1.79. The molecule has 0 radical (unpaired) electrons. The third-order valence-corrected chi connectivity index (χ3v) is 3.26. The third-order valence-electron chi connectivity index (χ3n) is 3.26. The molecular formula is C14H21N3. The number of hydrogen-bond donors (Lipinski definition) is 2. The van der Waals surface area contributed by atoms with Crippen LogP contribution in [0.2, 0.25) is 0 Å². The minimum atomic E-state index is 0.301. The Labute approximate surface area is 103 Å². The smallest absolute Gasteiger partial charge is 0.0918 e. The van der Waals surface area contributed by atoms with Crippen LogP contribution in [0.1, 0.15) is 24.8 Å². The van der Waals surface area contributed by atoms with Gasteiger partial charge in [-0.15, -0.1) is 0 Å². The van der Waals surface area contributed by atoms with Crippen LogP contribution in [-0.4, -0.2) is 29.9 Å². The normalized spacial score (nSPS) is 15.1. The van der Waals surface area contributed by atoms with E-state index in [9.17, 15) is 0 Å². The van der Waals surface area contributed by atoms with Crippen molar-refractivity contribution in [2.45, 2.75) is 31.7 Å². The zero-order valence-corrected chi connectivity index (χ0v) is 10.2. The number of nitrogens with two attached hydrogens (primary N) is 1. The molecule has 3 heteroatoms. The second-order valence-electron chi connectivity index (χ2n) is 4.78. The van der Waals surface area contributed by atoms with E-state index in [1.54, 1.807) is 0 Å². The molecule has 0 saturated heterocycles. The van der Waals surface area contributed by atoms with Gasteiger partial charge in [0.15, 0.2) is 0 Å². The second kappa shape index (κ2) is 5.82. The molecule has 0 atom stereocenters. The number of benzene rings is 1. The molecule has 3 N–H and O–H groups in total. The van der Waals surface area contributed by atoms with Crippen molar-refractivity contribution in [3.05, 3.63) is 35.9 Å². The van der Waals surface area contributed by atoms with Crippen LogP contribution in [-0.2, 0) is 6.42 Å². The molecule has 2 rings (SSSR count). The van der Waals surface area contributed by atoms with Gasteiger partial charge in [-0.2, -0.15) is 0 Å². The Kier molecular flexibility index (Phi) is 4.15. The molecule has 92 valence electrons. The molecule has 0 aromatic heterocycles. The first kappa shape index (κ1) is 12.1. The predicted molar refractivity (Wildman–Crippen MR) is 71.3 cm³/mol. The lowest BCUT2D eigenvalue weighted by molar-refractivity contribution is 0.274.